The summed E-state index contributed by atoms with van der Waals surface area (Å²) < 4.78 is 27.7. The summed E-state index contributed by atoms with van der Waals surface area (Å²) >= 11 is 0. The molecule has 17 atom stereocenters. The van der Waals surface area contributed by atoms with Gasteiger partial charge < -0.3 is 85.0 Å². The molecule has 12 N–H and O–H groups in total. The molecule has 3 aliphatic rings. The van der Waals surface area contributed by atoms with Crippen LogP contribution in [0.1, 0.15) is 33.6 Å². The third kappa shape index (κ3) is 7.48. The van der Waals surface area contributed by atoms with Crippen LogP contribution >= 0.6 is 0 Å². The molecule has 0 amide bonds. The van der Waals surface area contributed by atoms with E-state index in [1.807, 2.05) is 0 Å². The fourth-order valence-corrected chi connectivity index (χ4v) is 6.03. The zero-order valence-corrected chi connectivity index (χ0v) is 25.4. The molecule has 3 heterocycles. The number of rotatable bonds is 13. The second kappa shape index (κ2) is 15.3. The fraction of sp³-hybridized carbons (Fsp3) is 0.926. The predicted molar refractivity (Wildman–Crippen MR) is 145 cm³/mol. The van der Waals surface area contributed by atoms with Gasteiger partial charge in [-0.15, -0.1) is 0 Å². The third-order valence-electron chi connectivity index (χ3n) is 9.10. The standard InChI is InChI=1S/C27H46O19/c1-9-12(31)4-26(24(38)39,44-21(9)18(35)14(33)6-28)43-16(8-30)20(37)22-10(2)13(32)5-27(45-22,25(40)41)46-23-17(34)11(3)42-15(7-29)19(23)36/h9-23,28-37H,4-8H2,1-3H3,(H,38,39)(H,40,41)/t9-,10-,11+,12?,13?,14-,15?,16-,17?,18-,19+,20-,21-,22-,23-,26-,27+/m1/s1. The summed E-state index contributed by atoms with van der Waals surface area (Å²) in [5.41, 5.74) is 0. The average Bonchev–Trinajstić information content (AvgIpc) is 3.01. The molecule has 0 saturated carbocycles. The summed E-state index contributed by atoms with van der Waals surface area (Å²) in [4.78, 5) is 25.1. The van der Waals surface area contributed by atoms with Gasteiger partial charge in [0.1, 0.15) is 48.8 Å². The van der Waals surface area contributed by atoms with Crippen molar-refractivity contribution < 1.29 is 94.6 Å². The van der Waals surface area contributed by atoms with E-state index >= 15 is 0 Å². The Morgan fingerprint density at radius 1 is 0.783 bits per heavy atom. The highest BCUT2D eigenvalue weighted by molar-refractivity contribution is 5.76. The number of ether oxygens (including phenoxy) is 5. The number of carboxylic acids is 2. The first-order chi connectivity index (χ1) is 21.4. The highest BCUT2D eigenvalue weighted by Gasteiger charge is 2.60. The second-order valence-corrected chi connectivity index (χ2v) is 12.2. The molecule has 4 unspecified atom stereocenters. The first kappa shape index (κ1) is 38.8. The van der Waals surface area contributed by atoms with Crippen LogP contribution < -0.4 is 0 Å². The van der Waals surface area contributed by atoms with E-state index in [-0.39, 0.29) is 0 Å². The third-order valence-corrected chi connectivity index (χ3v) is 9.10. The quantitative estimate of drug-likeness (QED) is 0.0866. The summed E-state index contributed by atoms with van der Waals surface area (Å²) in [7, 11) is 0. The van der Waals surface area contributed by atoms with Gasteiger partial charge in [0.25, 0.3) is 11.6 Å². The van der Waals surface area contributed by atoms with Crippen LogP contribution in [0, 0.1) is 11.8 Å². The highest BCUT2D eigenvalue weighted by Crippen LogP contribution is 2.41. The summed E-state index contributed by atoms with van der Waals surface area (Å²) in [6, 6.07) is 0. The van der Waals surface area contributed by atoms with Gasteiger partial charge in [0.2, 0.25) is 0 Å². The Morgan fingerprint density at radius 3 is 1.76 bits per heavy atom. The summed E-state index contributed by atoms with van der Waals surface area (Å²) in [6.07, 6.45) is -23.6. The maximum atomic E-state index is 12.6. The van der Waals surface area contributed by atoms with Gasteiger partial charge in [0.15, 0.2) is 0 Å². The van der Waals surface area contributed by atoms with Crippen molar-refractivity contribution in [3.8, 4) is 0 Å². The largest absolute Gasteiger partial charge is 0.477 e. The molecule has 0 aromatic heterocycles. The molecule has 0 aromatic rings. The van der Waals surface area contributed by atoms with Crippen molar-refractivity contribution in [2.45, 2.75) is 125 Å². The van der Waals surface area contributed by atoms with Crippen molar-refractivity contribution in [1.82, 2.24) is 0 Å². The van der Waals surface area contributed by atoms with Gasteiger partial charge in [0, 0.05) is 24.7 Å². The van der Waals surface area contributed by atoms with E-state index in [4.69, 9.17) is 23.7 Å². The molecular weight excluding hydrogens is 628 g/mol. The van der Waals surface area contributed by atoms with Crippen molar-refractivity contribution >= 4 is 11.9 Å². The Hall–Kier alpha value is -1.66. The molecule has 0 spiro atoms. The van der Waals surface area contributed by atoms with E-state index < -0.39 is 147 Å². The van der Waals surface area contributed by atoms with Crippen LogP contribution in [-0.2, 0) is 33.3 Å². The van der Waals surface area contributed by atoms with Crippen molar-refractivity contribution in [3.05, 3.63) is 0 Å². The van der Waals surface area contributed by atoms with Gasteiger partial charge in [-0.2, -0.15) is 0 Å². The van der Waals surface area contributed by atoms with E-state index in [1.165, 1.54) is 20.8 Å². The zero-order valence-electron chi connectivity index (χ0n) is 25.4. The first-order valence-electron chi connectivity index (χ1n) is 14.8. The number of hydrogen-bond acceptors (Lipinski definition) is 17. The molecule has 3 aliphatic heterocycles. The molecule has 46 heavy (non-hydrogen) atoms. The van der Waals surface area contributed by atoms with E-state index in [1.54, 1.807) is 0 Å². The predicted octanol–water partition coefficient (Wildman–Crippen LogP) is -5.54. The number of carboxylic acid groups (broad SMARTS) is 2. The topological polar surface area (TPSA) is 323 Å². The Bertz CT molecular complexity index is 1030. The Labute approximate surface area is 263 Å². The van der Waals surface area contributed by atoms with Crippen LogP contribution in [0.5, 0.6) is 0 Å². The van der Waals surface area contributed by atoms with Crippen molar-refractivity contribution in [2.75, 3.05) is 19.8 Å². The molecule has 3 saturated heterocycles. The SMILES string of the molecule is C[C@@H]1OC(CO)[C@H](O)[C@H](O[C@]2(C(=O)O)CC(O)[C@@H](C)[C@H]([C@H](O)[C@@H](CO)O[C@]3(C(=O)O)CC(O)[C@@H](C)[C@H]([C@H](O)[C@H](O)CO)O3)O2)C1O. The lowest BCUT2D eigenvalue weighted by molar-refractivity contribution is -0.367. The fourth-order valence-electron chi connectivity index (χ4n) is 6.03. The molecular formula is C27H46O19. The number of aliphatic hydroxyl groups excluding tert-OH is 10. The molecule has 19 nitrogen and oxygen atoms in total. The maximum absolute atomic E-state index is 12.6. The van der Waals surface area contributed by atoms with Crippen LogP contribution in [0.2, 0.25) is 0 Å². The molecule has 3 fully saturated rings. The van der Waals surface area contributed by atoms with Crippen molar-refractivity contribution in [2.24, 2.45) is 11.8 Å². The van der Waals surface area contributed by atoms with Crippen molar-refractivity contribution in [3.63, 3.8) is 0 Å². The Kier molecular flexibility index (Phi) is 12.9. The summed E-state index contributed by atoms with van der Waals surface area (Å²) in [6.45, 7) is 1.24. The van der Waals surface area contributed by atoms with E-state index in [0.717, 1.165) is 0 Å². The molecule has 3 rings (SSSR count). The van der Waals surface area contributed by atoms with Gasteiger partial charge in [-0.05, 0) is 6.92 Å². The molecule has 0 radical (unpaired) electrons. The van der Waals surface area contributed by atoms with Gasteiger partial charge in [0.05, 0.1) is 50.3 Å². The highest BCUT2D eigenvalue weighted by atomic mass is 16.8. The average molecular weight is 675 g/mol. The second-order valence-electron chi connectivity index (χ2n) is 12.2. The van der Waals surface area contributed by atoms with Gasteiger partial charge in [-0.25, -0.2) is 9.59 Å². The monoisotopic (exact) mass is 674 g/mol. The number of hydrogen-bond donors (Lipinski definition) is 12. The molecule has 268 valence electrons. The van der Waals surface area contributed by atoms with Crippen LogP contribution in [0.4, 0.5) is 0 Å². The van der Waals surface area contributed by atoms with Crippen LogP contribution in [0.25, 0.3) is 0 Å². The zero-order chi connectivity index (χ0) is 34.9. The van der Waals surface area contributed by atoms with Gasteiger partial charge in [-0.1, -0.05) is 13.8 Å². The summed E-state index contributed by atoms with van der Waals surface area (Å²) in [5, 5.41) is 124. The number of carbonyl (C=O) groups is 2. The minimum atomic E-state index is -2.87. The molecule has 19 heteroatoms. The van der Waals surface area contributed by atoms with E-state index in [0.29, 0.717) is 0 Å². The van der Waals surface area contributed by atoms with Crippen molar-refractivity contribution in [1.29, 1.82) is 0 Å². The minimum Gasteiger partial charge on any atom is -0.477 e. The minimum absolute atomic E-state index is 0.729. The molecule has 0 aliphatic carbocycles. The summed E-state index contributed by atoms with van der Waals surface area (Å²) in [5.74, 6) is -11.6. The van der Waals surface area contributed by atoms with E-state index in [2.05, 4.69) is 0 Å². The van der Waals surface area contributed by atoms with Gasteiger partial charge >= 0.3 is 11.9 Å². The number of aliphatic carboxylic acids is 2. The van der Waals surface area contributed by atoms with E-state index in [9.17, 15) is 70.9 Å². The lowest BCUT2D eigenvalue weighted by Gasteiger charge is -2.50. The van der Waals surface area contributed by atoms with Gasteiger partial charge in [-0.3, -0.25) is 0 Å². The molecule has 0 bridgehead atoms. The maximum Gasteiger partial charge on any atom is 0.364 e. The normalized spacial score (nSPS) is 44.6. The van der Waals surface area contributed by atoms with Crippen LogP contribution in [-0.4, -0.2) is 184 Å². The Balaban J connectivity index is 1.94. The van der Waals surface area contributed by atoms with Crippen LogP contribution in [0.15, 0.2) is 0 Å². The molecule has 0 aromatic carbocycles. The lowest BCUT2D eigenvalue weighted by atomic mass is 9.83. The van der Waals surface area contributed by atoms with Crippen LogP contribution in [0.3, 0.4) is 0 Å². The smallest absolute Gasteiger partial charge is 0.364 e. The lowest BCUT2D eigenvalue weighted by Crippen LogP contribution is -2.67. The first-order valence-corrected chi connectivity index (χ1v) is 14.8. The number of aliphatic hydroxyl groups is 10. The Morgan fingerprint density at radius 2 is 1.28 bits per heavy atom.